The molecule has 1 aliphatic carbocycles. The number of benzene rings is 2. The molecule has 2 N–H and O–H groups in total. The van der Waals surface area contributed by atoms with Crippen molar-refractivity contribution in [3.8, 4) is 5.75 Å². The number of ether oxygens (including phenoxy) is 2. The smallest absolute Gasteiger partial charge is 0.280 e. The molecule has 12 heteroatoms. The van der Waals surface area contributed by atoms with Crippen LogP contribution < -0.4 is 15.4 Å². The maximum Gasteiger partial charge on any atom is 0.280 e. The highest BCUT2D eigenvalue weighted by Gasteiger charge is 2.36. The van der Waals surface area contributed by atoms with Gasteiger partial charge in [0, 0.05) is 18.5 Å². The van der Waals surface area contributed by atoms with E-state index in [9.17, 15) is 13.2 Å². The maximum atomic E-state index is 13.3. The van der Waals surface area contributed by atoms with Crippen LogP contribution in [0.4, 0.5) is 5.13 Å². The molecule has 3 aromatic rings. The van der Waals surface area contributed by atoms with E-state index in [4.69, 9.17) is 14.3 Å². The van der Waals surface area contributed by atoms with Crippen molar-refractivity contribution < 1.29 is 27.5 Å². The van der Waals surface area contributed by atoms with E-state index in [1.54, 1.807) is 12.1 Å². The molecule has 0 radical (unpaired) electrons. The number of nitrogens with one attached hydrogen (secondary N) is 2. The van der Waals surface area contributed by atoms with Gasteiger partial charge in [-0.2, -0.15) is 0 Å². The van der Waals surface area contributed by atoms with Gasteiger partial charge in [0.2, 0.25) is 0 Å². The molecule has 1 atom stereocenters. The number of sulfone groups is 1. The third kappa shape index (κ3) is 6.09. The molecule has 1 amide bonds. The largest absolute Gasteiger partial charge is 0.492 e. The Morgan fingerprint density at radius 2 is 2.00 bits per heavy atom. The van der Waals surface area contributed by atoms with Crippen molar-refractivity contribution in [1.29, 1.82) is 0 Å². The minimum absolute atomic E-state index is 0.0256. The number of anilines is 1. The second kappa shape index (κ2) is 11.1. The van der Waals surface area contributed by atoms with Gasteiger partial charge in [0.05, 0.1) is 33.6 Å². The number of carbonyl (C=O) groups excluding carboxylic acids is 1. The average Bonchev–Trinajstić information content (AvgIpc) is 3.50. The van der Waals surface area contributed by atoms with Gasteiger partial charge >= 0.3 is 0 Å². The molecule has 196 valence electrons. The number of amides is 1. The molecule has 1 saturated carbocycles. The third-order valence-corrected chi connectivity index (χ3v) is 9.23. The summed E-state index contributed by atoms with van der Waals surface area (Å²) in [6.45, 7) is 2.24. The van der Waals surface area contributed by atoms with Crippen molar-refractivity contribution in [3.63, 3.8) is 0 Å². The number of fused-ring (bicyclic) bond motifs is 1. The first-order chi connectivity index (χ1) is 17.9. The summed E-state index contributed by atoms with van der Waals surface area (Å²) in [4.78, 5) is 23.6. The van der Waals surface area contributed by atoms with Crippen molar-refractivity contribution in [1.82, 2.24) is 10.3 Å². The summed E-state index contributed by atoms with van der Waals surface area (Å²) >= 11 is 1.32. The van der Waals surface area contributed by atoms with Crippen LogP contribution >= 0.6 is 11.3 Å². The number of oxime groups is 1. The second-order valence-electron chi connectivity index (χ2n) is 8.85. The standard InChI is InChI=1S/C25H28N4O6S2/c1-26-11-13-34-17-4-9-21-22(14-17)36-25(27-21)28-24(30)23(29-35-18-10-12-33-15-18)16-2-5-19(6-3-16)37(31,32)20-7-8-20/h2-6,9,14,18,20,26H,7-8,10-13,15H2,1H3,(H,27,28,30)/t18-/m1/s1. The number of aromatic nitrogens is 1. The highest BCUT2D eigenvalue weighted by atomic mass is 32.2. The highest BCUT2D eigenvalue weighted by Crippen LogP contribution is 2.33. The number of thiazole rings is 1. The van der Waals surface area contributed by atoms with Crippen molar-refractivity contribution in [2.24, 2.45) is 5.16 Å². The Morgan fingerprint density at radius 3 is 2.70 bits per heavy atom. The van der Waals surface area contributed by atoms with E-state index >= 15 is 0 Å². The van der Waals surface area contributed by atoms with Crippen LogP contribution in [0.25, 0.3) is 10.2 Å². The normalized spacial score (nSPS) is 18.2. The molecule has 2 heterocycles. The van der Waals surface area contributed by atoms with Crippen molar-refractivity contribution >= 4 is 48.1 Å². The fourth-order valence-electron chi connectivity index (χ4n) is 3.80. The molecule has 10 nitrogen and oxygen atoms in total. The predicted molar refractivity (Wildman–Crippen MR) is 141 cm³/mol. The molecule has 37 heavy (non-hydrogen) atoms. The van der Waals surface area contributed by atoms with Crippen molar-refractivity contribution in [3.05, 3.63) is 48.0 Å². The molecule has 1 saturated heterocycles. The van der Waals surface area contributed by atoms with Gasteiger partial charge in [0.1, 0.15) is 12.4 Å². The zero-order valence-corrected chi connectivity index (χ0v) is 21.9. The fraction of sp³-hybridized carbons (Fsp3) is 0.400. The average molecular weight is 545 g/mol. The van der Waals surface area contributed by atoms with Gasteiger partial charge < -0.3 is 19.6 Å². The van der Waals surface area contributed by atoms with Gasteiger partial charge in [-0.05, 0) is 50.2 Å². The molecule has 0 bridgehead atoms. The number of likely N-dealkylation sites (N-methyl/N-ethyl adjacent to an activating group) is 1. The lowest BCUT2D eigenvalue weighted by molar-refractivity contribution is -0.110. The molecule has 5 rings (SSSR count). The van der Waals surface area contributed by atoms with E-state index in [0.29, 0.717) is 49.8 Å². The minimum Gasteiger partial charge on any atom is -0.492 e. The fourth-order valence-corrected chi connectivity index (χ4v) is 6.34. The Hall–Kier alpha value is -3.06. The van der Waals surface area contributed by atoms with Gasteiger partial charge in [-0.15, -0.1) is 0 Å². The summed E-state index contributed by atoms with van der Waals surface area (Å²) in [5, 5.41) is 10.1. The molecule has 1 aliphatic heterocycles. The first-order valence-electron chi connectivity index (χ1n) is 12.1. The van der Waals surface area contributed by atoms with Crippen molar-refractivity contribution in [2.45, 2.75) is 35.5 Å². The van der Waals surface area contributed by atoms with Crippen LogP contribution in [0.5, 0.6) is 5.75 Å². The third-order valence-electron chi connectivity index (χ3n) is 6.02. The lowest BCUT2D eigenvalue weighted by Crippen LogP contribution is -2.25. The van der Waals surface area contributed by atoms with Crippen LogP contribution in [0.1, 0.15) is 24.8 Å². The number of nitrogens with zero attached hydrogens (tertiary/aromatic N) is 2. The zero-order valence-electron chi connectivity index (χ0n) is 20.3. The molecule has 1 aromatic heterocycles. The lowest BCUT2D eigenvalue weighted by atomic mass is 10.1. The van der Waals surface area contributed by atoms with Crippen LogP contribution in [0.15, 0.2) is 52.5 Å². The van der Waals surface area contributed by atoms with Crippen LogP contribution in [0.2, 0.25) is 0 Å². The summed E-state index contributed by atoms with van der Waals surface area (Å²) < 4.78 is 37.0. The first kappa shape index (κ1) is 25.6. The number of hydrogen-bond donors (Lipinski definition) is 2. The van der Waals surface area contributed by atoms with E-state index in [0.717, 1.165) is 22.5 Å². The Kier molecular flexibility index (Phi) is 7.70. The lowest BCUT2D eigenvalue weighted by Gasteiger charge is -2.10. The SMILES string of the molecule is CNCCOc1ccc2nc(NC(=O)C(=NO[C@@H]3CCOC3)c3ccc(S(=O)(=O)C4CC4)cc3)sc2c1. The minimum atomic E-state index is -3.34. The van der Waals surface area contributed by atoms with E-state index in [2.05, 4.69) is 20.8 Å². The molecule has 0 unspecified atom stereocenters. The predicted octanol–water partition coefficient (Wildman–Crippen LogP) is 2.98. The topological polar surface area (TPSA) is 128 Å². The Bertz CT molecular complexity index is 1390. The molecule has 2 aromatic carbocycles. The molecule has 2 fully saturated rings. The van der Waals surface area contributed by atoms with Crippen LogP contribution in [-0.4, -0.2) is 69.8 Å². The van der Waals surface area contributed by atoms with E-state index < -0.39 is 15.7 Å². The van der Waals surface area contributed by atoms with Gasteiger partial charge in [0.15, 0.2) is 26.8 Å². The van der Waals surface area contributed by atoms with Gasteiger partial charge in [-0.25, -0.2) is 13.4 Å². The molecule has 2 aliphatic rings. The van der Waals surface area contributed by atoms with Crippen LogP contribution in [0.3, 0.4) is 0 Å². The second-order valence-corrected chi connectivity index (χ2v) is 12.1. The highest BCUT2D eigenvalue weighted by molar-refractivity contribution is 7.92. The summed E-state index contributed by atoms with van der Waals surface area (Å²) in [6.07, 6.45) is 1.79. The first-order valence-corrected chi connectivity index (χ1v) is 14.5. The summed E-state index contributed by atoms with van der Waals surface area (Å²) in [5.41, 5.74) is 1.19. The van der Waals surface area contributed by atoms with E-state index in [1.807, 2.05) is 25.2 Å². The quantitative estimate of drug-likeness (QED) is 0.214. The Labute approximate surface area is 218 Å². The molecular formula is C25H28N4O6S2. The monoisotopic (exact) mass is 544 g/mol. The number of rotatable bonds is 11. The van der Waals surface area contributed by atoms with Crippen molar-refractivity contribution in [2.75, 3.05) is 38.7 Å². The summed E-state index contributed by atoms with van der Waals surface area (Å²) in [5.74, 6) is 0.209. The number of hydrogen-bond acceptors (Lipinski definition) is 10. The maximum absolute atomic E-state index is 13.3. The van der Waals surface area contributed by atoms with Gasteiger partial charge in [-0.3, -0.25) is 10.1 Å². The van der Waals surface area contributed by atoms with Crippen LogP contribution in [-0.2, 0) is 24.2 Å². The van der Waals surface area contributed by atoms with Gasteiger partial charge in [0.25, 0.3) is 5.91 Å². The van der Waals surface area contributed by atoms with E-state index in [-0.39, 0.29) is 22.0 Å². The summed E-state index contributed by atoms with van der Waals surface area (Å²) in [6, 6.07) is 11.7. The zero-order chi connectivity index (χ0) is 25.8. The van der Waals surface area contributed by atoms with Gasteiger partial charge in [-0.1, -0.05) is 28.6 Å². The Morgan fingerprint density at radius 1 is 1.19 bits per heavy atom. The van der Waals surface area contributed by atoms with E-state index in [1.165, 1.54) is 23.5 Å². The van der Waals surface area contributed by atoms with Crippen LogP contribution in [0, 0.1) is 0 Å². The summed E-state index contributed by atoms with van der Waals surface area (Å²) in [7, 11) is -1.48. The Balaban J connectivity index is 1.36. The molecular weight excluding hydrogens is 516 g/mol. The molecule has 0 spiro atoms. The number of carbonyl (C=O) groups is 1.